The molecule has 90 valence electrons. The first-order chi connectivity index (χ1) is 7.04. The van der Waals surface area contributed by atoms with Crippen molar-refractivity contribution in [2.24, 2.45) is 5.84 Å². The largest absolute Gasteiger partial charge is 0.437 e. The van der Waals surface area contributed by atoms with Crippen LogP contribution in [0.25, 0.3) is 0 Å². The number of nitrogens with two attached hydrogens (primary N) is 1. The van der Waals surface area contributed by atoms with Gasteiger partial charge in [0.25, 0.3) is 0 Å². The third-order valence-electron chi connectivity index (χ3n) is 1.93. The average molecular weight is 224 g/mol. The molecule has 0 bridgehead atoms. The summed E-state index contributed by atoms with van der Waals surface area (Å²) in [5.74, 6) is 2.95. The van der Waals surface area contributed by atoms with E-state index in [-0.39, 0.29) is 6.61 Å². The van der Waals surface area contributed by atoms with Crippen LogP contribution in [0.4, 0.5) is 8.78 Å². The zero-order chi connectivity index (χ0) is 11.7. The Morgan fingerprint density at radius 3 is 2.47 bits per heavy atom. The molecule has 0 aliphatic heterocycles. The Morgan fingerprint density at radius 2 is 1.93 bits per heavy atom. The van der Waals surface area contributed by atoms with Crippen LogP contribution in [0, 0.1) is 0 Å². The van der Waals surface area contributed by atoms with E-state index in [1.807, 2.05) is 0 Å². The Bertz CT molecular complexity index is 189. The van der Waals surface area contributed by atoms with Crippen LogP contribution in [0.15, 0.2) is 0 Å². The van der Waals surface area contributed by atoms with Gasteiger partial charge in [0.05, 0.1) is 6.61 Å². The molecule has 0 aromatic heterocycles. The minimum Gasteiger partial charge on any atom is -0.313 e. The highest BCUT2D eigenvalue weighted by atomic mass is 19.3. The van der Waals surface area contributed by atoms with Crippen molar-refractivity contribution in [1.82, 2.24) is 5.43 Å². The van der Waals surface area contributed by atoms with E-state index in [0.29, 0.717) is 6.42 Å². The molecule has 0 atom stereocenters. The van der Waals surface area contributed by atoms with E-state index in [0.717, 1.165) is 25.7 Å². The molecule has 0 aliphatic carbocycles. The highest BCUT2D eigenvalue weighted by Gasteiger charge is 2.39. The molecule has 0 aliphatic rings. The lowest BCUT2D eigenvalue weighted by atomic mass is 10.2. The van der Waals surface area contributed by atoms with Gasteiger partial charge in [-0.1, -0.05) is 32.6 Å². The molecule has 6 heteroatoms. The highest BCUT2D eigenvalue weighted by molar-refractivity contribution is 5.81. The van der Waals surface area contributed by atoms with Crippen molar-refractivity contribution in [1.29, 1.82) is 0 Å². The average Bonchev–Trinajstić information content (AvgIpc) is 2.22. The molecule has 1 amide bonds. The van der Waals surface area contributed by atoms with E-state index in [9.17, 15) is 13.6 Å². The molecule has 0 fully saturated rings. The lowest BCUT2D eigenvalue weighted by Crippen LogP contribution is -2.45. The van der Waals surface area contributed by atoms with Gasteiger partial charge >= 0.3 is 12.0 Å². The van der Waals surface area contributed by atoms with Crippen LogP contribution in [-0.4, -0.2) is 18.6 Å². The molecule has 0 saturated heterocycles. The van der Waals surface area contributed by atoms with E-state index in [2.05, 4.69) is 17.5 Å². The fourth-order valence-electron chi connectivity index (χ4n) is 1.06. The number of nitrogens with one attached hydrogen (secondary N) is 1. The lowest BCUT2D eigenvalue weighted by Gasteiger charge is -2.14. The van der Waals surface area contributed by atoms with Crippen LogP contribution in [-0.2, 0) is 9.53 Å². The zero-order valence-electron chi connectivity index (χ0n) is 8.89. The molecule has 0 aromatic rings. The van der Waals surface area contributed by atoms with Crippen molar-refractivity contribution in [2.45, 2.75) is 45.1 Å². The minimum absolute atomic E-state index is 0.135. The van der Waals surface area contributed by atoms with Crippen molar-refractivity contribution in [3.63, 3.8) is 0 Å². The van der Waals surface area contributed by atoms with Gasteiger partial charge in [-0.2, -0.15) is 8.78 Å². The summed E-state index contributed by atoms with van der Waals surface area (Å²) in [5, 5.41) is 0. The first-order valence-electron chi connectivity index (χ1n) is 5.07. The summed E-state index contributed by atoms with van der Waals surface area (Å²) in [5.41, 5.74) is 1.35. The molecular weight excluding hydrogens is 206 g/mol. The summed E-state index contributed by atoms with van der Waals surface area (Å²) in [7, 11) is 0. The van der Waals surface area contributed by atoms with E-state index >= 15 is 0 Å². The normalized spacial score (nSPS) is 11.5. The molecule has 15 heavy (non-hydrogen) atoms. The van der Waals surface area contributed by atoms with E-state index in [1.54, 1.807) is 0 Å². The third-order valence-corrected chi connectivity index (χ3v) is 1.93. The second kappa shape index (κ2) is 7.53. The van der Waals surface area contributed by atoms with Crippen LogP contribution >= 0.6 is 0 Å². The molecule has 0 radical (unpaired) electrons. The van der Waals surface area contributed by atoms with Crippen molar-refractivity contribution in [3.8, 4) is 0 Å². The van der Waals surface area contributed by atoms with Crippen LogP contribution in [0.3, 0.4) is 0 Å². The Labute approximate surface area is 88.1 Å². The van der Waals surface area contributed by atoms with Gasteiger partial charge in [-0.15, -0.1) is 0 Å². The number of halogens is 2. The van der Waals surface area contributed by atoms with Gasteiger partial charge < -0.3 is 4.74 Å². The lowest BCUT2D eigenvalue weighted by molar-refractivity contribution is -0.231. The SMILES string of the molecule is CCCCCCCOC(F)(F)C(=O)NN. The maximum atomic E-state index is 12.7. The number of ether oxygens (including phenoxy) is 1. The molecule has 3 N–H and O–H groups in total. The van der Waals surface area contributed by atoms with Gasteiger partial charge in [0.1, 0.15) is 0 Å². The molecule has 4 nitrogen and oxygen atoms in total. The van der Waals surface area contributed by atoms with Gasteiger partial charge in [0.15, 0.2) is 0 Å². The van der Waals surface area contributed by atoms with Crippen LogP contribution in [0.5, 0.6) is 0 Å². The monoisotopic (exact) mass is 224 g/mol. The maximum Gasteiger partial charge on any atom is 0.437 e. The second-order valence-corrected chi connectivity index (χ2v) is 3.25. The molecule has 0 aromatic carbocycles. The Balaban J connectivity index is 3.53. The van der Waals surface area contributed by atoms with Gasteiger partial charge in [-0.05, 0) is 6.42 Å². The number of unbranched alkanes of at least 4 members (excludes halogenated alkanes) is 4. The molecular formula is C9H18F2N2O2. The van der Waals surface area contributed by atoms with Crippen LogP contribution < -0.4 is 11.3 Å². The minimum atomic E-state index is -3.82. The summed E-state index contributed by atoms with van der Waals surface area (Å²) in [6.45, 7) is 1.93. The maximum absolute atomic E-state index is 12.7. The fraction of sp³-hybridized carbons (Fsp3) is 0.889. The summed E-state index contributed by atoms with van der Waals surface area (Å²) < 4.78 is 29.5. The van der Waals surface area contributed by atoms with Crippen molar-refractivity contribution in [3.05, 3.63) is 0 Å². The van der Waals surface area contributed by atoms with Gasteiger partial charge in [0.2, 0.25) is 0 Å². The van der Waals surface area contributed by atoms with E-state index in [1.165, 1.54) is 5.43 Å². The van der Waals surface area contributed by atoms with Gasteiger partial charge in [-0.3, -0.25) is 10.2 Å². The number of hydrogen-bond donors (Lipinski definition) is 2. The number of carbonyl (C=O) groups excluding carboxylic acids is 1. The number of alkyl halides is 2. The third kappa shape index (κ3) is 6.35. The molecule has 0 spiro atoms. The Kier molecular flexibility index (Phi) is 7.15. The fourth-order valence-corrected chi connectivity index (χ4v) is 1.06. The number of rotatable bonds is 8. The number of hydrazine groups is 1. The summed E-state index contributed by atoms with van der Waals surface area (Å²) >= 11 is 0. The predicted molar refractivity (Wildman–Crippen MR) is 52.0 cm³/mol. The van der Waals surface area contributed by atoms with Crippen molar-refractivity contribution >= 4 is 5.91 Å². The second-order valence-electron chi connectivity index (χ2n) is 3.25. The highest BCUT2D eigenvalue weighted by Crippen LogP contribution is 2.16. The first kappa shape index (κ1) is 14.2. The van der Waals surface area contributed by atoms with Crippen molar-refractivity contribution in [2.75, 3.05) is 6.61 Å². The molecule has 0 rings (SSSR count). The zero-order valence-corrected chi connectivity index (χ0v) is 8.89. The molecule has 0 heterocycles. The van der Waals surface area contributed by atoms with Gasteiger partial charge in [-0.25, -0.2) is 5.84 Å². The van der Waals surface area contributed by atoms with Crippen molar-refractivity contribution < 1.29 is 18.3 Å². The van der Waals surface area contributed by atoms with Crippen LogP contribution in [0.1, 0.15) is 39.0 Å². The predicted octanol–water partition coefficient (Wildman–Crippen LogP) is 1.56. The smallest absolute Gasteiger partial charge is 0.313 e. The van der Waals surface area contributed by atoms with E-state index in [4.69, 9.17) is 0 Å². The molecule has 0 saturated carbocycles. The summed E-state index contributed by atoms with van der Waals surface area (Å²) in [6, 6.07) is 0. The number of amides is 1. The standard InChI is InChI=1S/C9H18F2N2O2/c1-2-3-4-5-6-7-15-9(10,11)8(14)13-12/h2-7,12H2,1H3,(H,13,14). The van der Waals surface area contributed by atoms with Crippen LogP contribution in [0.2, 0.25) is 0 Å². The summed E-state index contributed by atoms with van der Waals surface area (Å²) in [4.78, 5) is 10.5. The quantitative estimate of drug-likeness (QED) is 0.284. The Hall–Kier alpha value is -0.750. The number of carbonyl (C=O) groups is 1. The molecule has 0 unspecified atom stereocenters. The van der Waals surface area contributed by atoms with E-state index < -0.39 is 12.0 Å². The topological polar surface area (TPSA) is 64.3 Å². The van der Waals surface area contributed by atoms with Gasteiger partial charge in [0, 0.05) is 0 Å². The first-order valence-corrected chi connectivity index (χ1v) is 5.07. The summed E-state index contributed by atoms with van der Waals surface area (Å²) in [6.07, 6.45) is 0.696. The number of hydrogen-bond acceptors (Lipinski definition) is 3. The Morgan fingerprint density at radius 1 is 1.33 bits per heavy atom.